The van der Waals surface area contributed by atoms with Gasteiger partial charge in [-0.15, -0.1) is 0 Å². The smallest absolute Gasteiger partial charge is 0.294 e. The zero-order chi connectivity index (χ0) is 25.0. The van der Waals surface area contributed by atoms with Crippen LogP contribution in [0.25, 0.3) is 38.9 Å². The maximum atomic E-state index is 13.7. The standard InChI is InChI=1S/C26H15ClF3N5O/c27-18-9-2-1-6-15(18)13-34-14-31-23-21(25(34)36)22-24(33-20-11-4-3-10-19(20)32-22)35(23)17-8-5-7-16(12-17)26(28,29)30/h1-12,14H,13H2. The lowest BCUT2D eigenvalue weighted by Gasteiger charge is -2.11. The summed E-state index contributed by atoms with van der Waals surface area (Å²) in [7, 11) is 0. The molecule has 6 nitrogen and oxygen atoms in total. The molecule has 0 atom stereocenters. The van der Waals surface area contributed by atoms with Gasteiger partial charge in [0.15, 0.2) is 11.3 Å². The normalized spacial score (nSPS) is 12.1. The fraction of sp³-hybridized carbons (Fsp3) is 0.0769. The topological polar surface area (TPSA) is 65.6 Å². The number of benzene rings is 3. The van der Waals surface area contributed by atoms with Crippen LogP contribution >= 0.6 is 11.6 Å². The van der Waals surface area contributed by atoms with Gasteiger partial charge in [-0.1, -0.05) is 48.0 Å². The fourth-order valence-corrected chi connectivity index (χ4v) is 4.46. The van der Waals surface area contributed by atoms with E-state index in [1.165, 1.54) is 27.6 Å². The summed E-state index contributed by atoms with van der Waals surface area (Å²) in [5.74, 6) is 0. The van der Waals surface area contributed by atoms with Crippen LogP contribution in [0, 0.1) is 0 Å². The Bertz CT molecular complexity index is 1860. The van der Waals surface area contributed by atoms with Crippen LogP contribution in [0.1, 0.15) is 11.1 Å². The monoisotopic (exact) mass is 505 g/mol. The van der Waals surface area contributed by atoms with Crippen molar-refractivity contribution in [2.24, 2.45) is 0 Å². The highest BCUT2D eigenvalue weighted by Crippen LogP contribution is 2.33. The molecule has 0 saturated carbocycles. The van der Waals surface area contributed by atoms with Gasteiger partial charge in [-0.05, 0) is 42.0 Å². The zero-order valence-corrected chi connectivity index (χ0v) is 19.1. The van der Waals surface area contributed by atoms with Crippen LogP contribution in [0.5, 0.6) is 0 Å². The molecule has 0 aliphatic rings. The number of alkyl halides is 3. The SMILES string of the molecule is O=c1c2c3nc4ccccc4nc3n(-c3cccc(C(F)(F)F)c3)c2ncn1Cc1ccccc1Cl. The zero-order valence-electron chi connectivity index (χ0n) is 18.4. The summed E-state index contributed by atoms with van der Waals surface area (Å²) in [6, 6.07) is 19.0. The number of rotatable bonds is 3. The van der Waals surface area contributed by atoms with Crippen molar-refractivity contribution in [3.8, 4) is 5.69 Å². The fourth-order valence-electron chi connectivity index (χ4n) is 4.26. The molecule has 0 radical (unpaired) electrons. The summed E-state index contributed by atoms with van der Waals surface area (Å²) >= 11 is 6.29. The summed E-state index contributed by atoms with van der Waals surface area (Å²) in [6.45, 7) is 0.165. The number of nitrogens with zero attached hydrogens (tertiary/aromatic N) is 5. The summed E-state index contributed by atoms with van der Waals surface area (Å²) in [4.78, 5) is 27.5. The van der Waals surface area contributed by atoms with E-state index in [0.29, 0.717) is 16.1 Å². The number of fused-ring (bicyclic) bond motifs is 4. The molecule has 0 bridgehead atoms. The molecule has 6 rings (SSSR count). The van der Waals surface area contributed by atoms with Crippen LogP contribution in [-0.4, -0.2) is 24.1 Å². The van der Waals surface area contributed by atoms with E-state index in [4.69, 9.17) is 11.6 Å². The Kier molecular flexibility index (Phi) is 5.04. The summed E-state index contributed by atoms with van der Waals surface area (Å²) < 4.78 is 43.3. The highest BCUT2D eigenvalue weighted by molar-refractivity contribution is 6.31. The Balaban J connectivity index is 1.68. The second-order valence-corrected chi connectivity index (χ2v) is 8.64. The summed E-state index contributed by atoms with van der Waals surface area (Å²) in [6.07, 6.45) is -3.18. The number of aromatic nitrogens is 5. The Labute approximate surface area is 206 Å². The highest BCUT2D eigenvalue weighted by atomic mass is 35.5. The van der Waals surface area contributed by atoms with Gasteiger partial charge < -0.3 is 0 Å². The van der Waals surface area contributed by atoms with Crippen LogP contribution < -0.4 is 5.56 Å². The van der Waals surface area contributed by atoms with Crippen molar-refractivity contribution >= 4 is 44.8 Å². The molecule has 3 aromatic heterocycles. The van der Waals surface area contributed by atoms with E-state index in [1.807, 2.05) is 6.07 Å². The minimum absolute atomic E-state index is 0.162. The van der Waals surface area contributed by atoms with Gasteiger partial charge in [-0.3, -0.25) is 13.9 Å². The second-order valence-electron chi connectivity index (χ2n) is 8.24. The molecule has 0 aliphatic carbocycles. The van der Waals surface area contributed by atoms with Gasteiger partial charge in [-0.2, -0.15) is 13.2 Å². The van der Waals surface area contributed by atoms with E-state index in [9.17, 15) is 18.0 Å². The predicted octanol–water partition coefficient (Wildman–Crippen LogP) is 6.00. The van der Waals surface area contributed by atoms with Gasteiger partial charge in [0, 0.05) is 10.7 Å². The van der Waals surface area contributed by atoms with Gasteiger partial charge >= 0.3 is 6.18 Å². The van der Waals surface area contributed by atoms with E-state index in [0.717, 1.165) is 17.7 Å². The molecule has 0 N–H and O–H groups in total. The molecule has 0 amide bonds. The van der Waals surface area contributed by atoms with Crippen molar-refractivity contribution in [1.82, 2.24) is 24.1 Å². The minimum atomic E-state index is -4.54. The number of hydrogen-bond acceptors (Lipinski definition) is 4. The number of para-hydroxylation sites is 2. The van der Waals surface area contributed by atoms with E-state index < -0.39 is 17.3 Å². The molecule has 178 valence electrons. The lowest BCUT2D eigenvalue weighted by Crippen LogP contribution is -2.21. The van der Waals surface area contributed by atoms with E-state index in [2.05, 4.69) is 15.0 Å². The van der Waals surface area contributed by atoms with Gasteiger partial charge in [-0.25, -0.2) is 15.0 Å². The number of halogens is 4. The second kappa shape index (κ2) is 8.17. The van der Waals surface area contributed by atoms with Crippen molar-refractivity contribution in [2.45, 2.75) is 12.7 Å². The van der Waals surface area contributed by atoms with Crippen LogP contribution in [0.15, 0.2) is 83.9 Å². The average Bonchev–Trinajstić information content (AvgIpc) is 3.19. The number of hydrogen-bond donors (Lipinski definition) is 0. The first kappa shape index (κ1) is 22.2. The molecule has 36 heavy (non-hydrogen) atoms. The molecular weight excluding hydrogens is 491 g/mol. The molecule has 0 fully saturated rings. The summed E-state index contributed by atoms with van der Waals surface area (Å²) in [5.41, 5.74) is 1.42. The molecule has 0 saturated heterocycles. The molecule has 0 spiro atoms. The summed E-state index contributed by atoms with van der Waals surface area (Å²) in [5, 5.41) is 0.664. The van der Waals surface area contributed by atoms with Crippen molar-refractivity contribution in [2.75, 3.05) is 0 Å². The predicted molar refractivity (Wildman–Crippen MR) is 131 cm³/mol. The Hall–Kier alpha value is -4.24. The lowest BCUT2D eigenvalue weighted by molar-refractivity contribution is -0.137. The minimum Gasteiger partial charge on any atom is -0.294 e. The Morgan fingerprint density at radius 1 is 0.861 bits per heavy atom. The third kappa shape index (κ3) is 3.59. The van der Waals surface area contributed by atoms with Crippen molar-refractivity contribution in [3.63, 3.8) is 0 Å². The average molecular weight is 506 g/mol. The Morgan fingerprint density at radius 2 is 1.58 bits per heavy atom. The van der Waals surface area contributed by atoms with Crippen molar-refractivity contribution < 1.29 is 13.2 Å². The largest absolute Gasteiger partial charge is 0.416 e. The van der Waals surface area contributed by atoms with Gasteiger partial charge in [0.1, 0.15) is 17.2 Å². The maximum Gasteiger partial charge on any atom is 0.416 e. The molecule has 3 heterocycles. The molecule has 0 aliphatic heterocycles. The first-order valence-corrected chi connectivity index (χ1v) is 11.3. The van der Waals surface area contributed by atoms with E-state index in [1.54, 1.807) is 42.5 Å². The Morgan fingerprint density at radius 3 is 2.33 bits per heavy atom. The van der Waals surface area contributed by atoms with Crippen LogP contribution in [0.4, 0.5) is 13.2 Å². The molecule has 6 aromatic rings. The van der Waals surface area contributed by atoms with Crippen LogP contribution in [0.2, 0.25) is 5.02 Å². The van der Waals surface area contributed by atoms with E-state index >= 15 is 0 Å². The first-order valence-electron chi connectivity index (χ1n) is 10.9. The maximum absolute atomic E-state index is 13.7. The van der Waals surface area contributed by atoms with Crippen LogP contribution in [0.3, 0.4) is 0 Å². The quantitative estimate of drug-likeness (QED) is 0.296. The molecule has 0 unspecified atom stereocenters. The molecule has 3 aromatic carbocycles. The van der Waals surface area contributed by atoms with Crippen LogP contribution in [-0.2, 0) is 12.7 Å². The van der Waals surface area contributed by atoms with Crippen molar-refractivity contribution in [1.29, 1.82) is 0 Å². The third-order valence-corrected chi connectivity index (χ3v) is 6.33. The van der Waals surface area contributed by atoms with E-state index in [-0.39, 0.29) is 34.4 Å². The van der Waals surface area contributed by atoms with Gasteiger partial charge in [0.25, 0.3) is 5.56 Å². The first-order chi connectivity index (χ1) is 17.3. The third-order valence-electron chi connectivity index (χ3n) is 5.96. The van der Waals surface area contributed by atoms with Crippen molar-refractivity contribution in [3.05, 3.63) is 106 Å². The highest BCUT2D eigenvalue weighted by Gasteiger charge is 2.31. The molecule has 10 heteroatoms. The lowest BCUT2D eigenvalue weighted by atomic mass is 10.2. The van der Waals surface area contributed by atoms with Gasteiger partial charge in [0.2, 0.25) is 0 Å². The molecular formula is C26H15ClF3N5O. The van der Waals surface area contributed by atoms with Gasteiger partial charge in [0.05, 0.1) is 23.1 Å².